The maximum absolute atomic E-state index is 12.2. The Morgan fingerprint density at radius 1 is 1.00 bits per heavy atom. The summed E-state index contributed by atoms with van der Waals surface area (Å²) in [5.74, 6) is 0.280. The van der Waals surface area contributed by atoms with Crippen molar-refractivity contribution >= 4 is 10.0 Å². The fourth-order valence-electron chi connectivity index (χ4n) is 3.69. The van der Waals surface area contributed by atoms with Crippen LogP contribution in [-0.2, 0) is 10.0 Å². The number of fused-ring (bicyclic) bond motifs is 1. The number of sulfonamides is 1. The van der Waals surface area contributed by atoms with Gasteiger partial charge in [0.2, 0.25) is 10.0 Å². The highest BCUT2D eigenvalue weighted by Gasteiger charge is 2.37. The Balaban J connectivity index is 1.38. The highest BCUT2D eigenvalue weighted by atomic mass is 32.2. The summed E-state index contributed by atoms with van der Waals surface area (Å²) in [5, 5.41) is 3.43. The molecule has 21 heavy (non-hydrogen) atoms. The van der Waals surface area contributed by atoms with E-state index in [1.54, 1.807) is 0 Å². The standard InChI is InChI=1S/C15H29N3O2S/c19-21(20,12-4-2-9-16-13-6-7-13)17-14-8-11-18-10-3-1-5-15(14)18/h13-17H,1-12H2. The Morgan fingerprint density at radius 3 is 2.67 bits per heavy atom. The van der Waals surface area contributed by atoms with Crippen molar-refractivity contribution in [2.45, 2.75) is 69.5 Å². The molecule has 2 unspecified atom stereocenters. The molecule has 0 radical (unpaired) electrons. The quantitative estimate of drug-likeness (QED) is 0.658. The van der Waals surface area contributed by atoms with Gasteiger partial charge in [0.05, 0.1) is 5.75 Å². The first-order valence-corrected chi connectivity index (χ1v) is 10.3. The van der Waals surface area contributed by atoms with Crippen molar-refractivity contribution in [2.75, 3.05) is 25.4 Å². The van der Waals surface area contributed by atoms with Crippen molar-refractivity contribution in [2.24, 2.45) is 0 Å². The van der Waals surface area contributed by atoms with E-state index in [-0.39, 0.29) is 11.8 Å². The Morgan fingerprint density at radius 2 is 1.86 bits per heavy atom. The van der Waals surface area contributed by atoms with Crippen LogP contribution in [0.25, 0.3) is 0 Å². The zero-order valence-corrected chi connectivity index (χ0v) is 13.7. The van der Waals surface area contributed by atoms with E-state index in [1.165, 1.54) is 25.7 Å². The summed E-state index contributed by atoms with van der Waals surface area (Å²) in [6, 6.07) is 1.32. The van der Waals surface area contributed by atoms with Gasteiger partial charge >= 0.3 is 0 Å². The molecule has 6 heteroatoms. The fourth-order valence-corrected chi connectivity index (χ4v) is 5.12. The van der Waals surface area contributed by atoms with Gasteiger partial charge in [-0.3, -0.25) is 4.90 Å². The second-order valence-electron chi connectivity index (χ2n) is 6.87. The van der Waals surface area contributed by atoms with Crippen LogP contribution in [0.1, 0.15) is 51.4 Å². The van der Waals surface area contributed by atoms with E-state index in [2.05, 4.69) is 14.9 Å². The van der Waals surface area contributed by atoms with Gasteiger partial charge in [-0.2, -0.15) is 0 Å². The summed E-state index contributed by atoms with van der Waals surface area (Å²) >= 11 is 0. The number of hydrogen-bond donors (Lipinski definition) is 2. The molecule has 2 N–H and O–H groups in total. The summed E-state index contributed by atoms with van der Waals surface area (Å²) < 4.78 is 27.4. The second-order valence-corrected chi connectivity index (χ2v) is 8.74. The largest absolute Gasteiger partial charge is 0.314 e. The van der Waals surface area contributed by atoms with Crippen molar-refractivity contribution in [1.82, 2.24) is 14.9 Å². The molecule has 5 nitrogen and oxygen atoms in total. The minimum absolute atomic E-state index is 0.153. The molecule has 0 aromatic heterocycles. The fraction of sp³-hybridized carbons (Fsp3) is 1.00. The van der Waals surface area contributed by atoms with Crippen molar-refractivity contribution in [1.29, 1.82) is 0 Å². The highest BCUT2D eigenvalue weighted by molar-refractivity contribution is 7.89. The third kappa shape index (κ3) is 4.65. The molecule has 2 aliphatic heterocycles. The van der Waals surface area contributed by atoms with Crippen LogP contribution in [0.3, 0.4) is 0 Å². The first-order valence-electron chi connectivity index (χ1n) is 8.61. The highest BCUT2D eigenvalue weighted by Crippen LogP contribution is 2.27. The maximum atomic E-state index is 12.2. The second kappa shape index (κ2) is 6.94. The van der Waals surface area contributed by atoms with E-state index < -0.39 is 10.0 Å². The summed E-state index contributed by atoms with van der Waals surface area (Å²) in [6.07, 6.45) is 8.94. The summed E-state index contributed by atoms with van der Waals surface area (Å²) in [7, 11) is -3.11. The first-order chi connectivity index (χ1) is 10.1. The molecule has 0 amide bonds. The van der Waals surface area contributed by atoms with E-state index in [0.717, 1.165) is 51.4 Å². The zero-order chi connectivity index (χ0) is 14.7. The average Bonchev–Trinajstić information content (AvgIpc) is 3.20. The van der Waals surface area contributed by atoms with Gasteiger partial charge in [-0.05, 0) is 58.0 Å². The minimum atomic E-state index is -3.11. The van der Waals surface area contributed by atoms with Crippen molar-refractivity contribution in [3.8, 4) is 0 Å². The van der Waals surface area contributed by atoms with Crippen molar-refractivity contribution in [3.63, 3.8) is 0 Å². The smallest absolute Gasteiger partial charge is 0.211 e. The summed E-state index contributed by atoms with van der Waals surface area (Å²) in [4.78, 5) is 2.47. The molecular formula is C15H29N3O2S. The molecule has 2 atom stereocenters. The van der Waals surface area contributed by atoms with E-state index >= 15 is 0 Å². The number of unbranched alkanes of at least 4 members (excludes halogenated alkanes) is 1. The predicted molar refractivity (Wildman–Crippen MR) is 84.8 cm³/mol. The molecule has 1 saturated carbocycles. The summed E-state index contributed by atoms with van der Waals surface area (Å²) in [6.45, 7) is 3.17. The number of piperidine rings is 1. The molecule has 3 fully saturated rings. The van der Waals surface area contributed by atoms with Crippen LogP contribution in [0.5, 0.6) is 0 Å². The number of nitrogens with zero attached hydrogens (tertiary/aromatic N) is 1. The molecule has 2 saturated heterocycles. The normalized spacial score (nSPS) is 30.5. The van der Waals surface area contributed by atoms with Crippen LogP contribution in [0.4, 0.5) is 0 Å². The Bertz CT molecular complexity index is 436. The predicted octanol–water partition coefficient (Wildman–Crippen LogP) is 1.06. The molecule has 0 aromatic rings. The number of nitrogens with one attached hydrogen (secondary N) is 2. The topological polar surface area (TPSA) is 61.4 Å². The molecule has 122 valence electrons. The van der Waals surface area contributed by atoms with Crippen LogP contribution >= 0.6 is 0 Å². The lowest BCUT2D eigenvalue weighted by atomic mass is 10.00. The maximum Gasteiger partial charge on any atom is 0.211 e. The number of rotatable bonds is 8. The van der Waals surface area contributed by atoms with Crippen molar-refractivity contribution < 1.29 is 8.42 Å². The van der Waals surface area contributed by atoms with E-state index in [4.69, 9.17) is 0 Å². The Hall–Kier alpha value is -0.170. The third-order valence-electron chi connectivity index (χ3n) is 5.04. The molecular weight excluding hydrogens is 286 g/mol. The van der Waals surface area contributed by atoms with E-state index in [1.807, 2.05) is 0 Å². The van der Waals surface area contributed by atoms with Gasteiger partial charge in [-0.25, -0.2) is 13.1 Å². The zero-order valence-electron chi connectivity index (χ0n) is 12.9. The van der Waals surface area contributed by atoms with Crippen LogP contribution < -0.4 is 10.0 Å². The third-order valence-corrected chi connectivity index (χ3v) is 6.53. The molecule has 0 aromatic carbocycles. The molecule has 3 rings (SSSR count). The van der Waals surface area contributed by atoms with Gasteiger partial charge in [-0.1, -0.05) is 6.42 Å². The average molecular weight is 315 g/mol. The van der Waals surface area contributed by atoms with Gasteiger partial charge < -0.3 is 5.32 Å². The lowest BCUT2D eigenvalue weighted by Gasteiger charge is -2.32. The monoisotopic (exact) mass is 315 g/mol. The van der Waals surface area contributed by atoms with Gasteiger partial charge in [-0.15, -0.1) is 0 Å². The van der Waals surface area contributed by atoms with E-state index in [9.17, 15) is 8.42 Å². The first kappa shape index (κ1) is 15.7. The van der Waals surface area contributed by atoms with Crippen LogP contribution in [-0.4, -0.2) is 56.8 Å². The van der Waals surface area contributed by atoms with Gasteiger partial charge in [0, 0.05) is 24.7 Å². The van der Waals surface area contributed by atoms with Crippen LogP contribution in [0.2, 0.25) is 0 Å². The Kier molecular flexibility index (Phi) is 5.19. The SMILES string of the molecule is O=S(=O)(CCCCNC1CC1)NC1CCN2CCCCC12. The van der Waals surface area contributed by atoms with E-state index in [0.29, 0.717) is 6.04 Å². The molecule has 0 spiro atoms. The lowest BCUT2D eigenvalue weighted by Crippen LogP contribution is -2.47. The van der Waals surface area contributed by atoms with Gasteiger partial charge in [0.15, 0.2) is 0 Å². The minimum Gasteiger partial charge on any atom is -0.314 e. The Labute approximate surface area is 128 Å². The molecule has 3 aliphatic rings. The number of hydrogen-bond acceptors (Lipinski definition) is 4. The molecule has 0 bridgehead atoms. The molecule has 1 aliphatic carbocycles. The van der Waals surface area contributed by atoms with Crippen LogP contribution in [0.15, 0.2) is 0 Å². The lowest BCUT2D eigenvalue weighted by molar-refractivity contribution is 0.186. The molecule has 2 heterocycles. The van der Waals surface area contributed by atoms with Crippen LogP contribution in [0, 0.1) is 0 Å². The summed E-state index contributed by atoms with van der Waals surface area (Å²) in [5.41, 5.74) is 0. The van der Waals surface area contributed by atoms with Gasteiger partial charge in [0.1, 0.15) is 0 Å². The van der Waals surface area contributed by atoms with Gasteiger partial charge in [0.25, 0.3) is 0 Å². The van der Waals surface area contributed by atoms with Crippen molar-refractivity contribution in [3.05, 3.63) is 0 Å².